The number of benzene rings is 1. The maximum Gasteiger partial charge on any atom is 0.132 e. The molecule has 0 heterocycles. The van der Waals surface area contributed by atoms with Gasteiger partial charge in [-0.1, -0.05) is 19.1 Å². The van der Waals surface area contributed by atoms with Gasteiger partial charge in [0.25, 0.3) is 0 Å². The average Bonchev–Trinajstić information content (AvgIpc) is 2.08. The Kier molecular flexibility index (Phi) is 3.07. The highest BCUT2D eigenvalue weighted by Gasteiger charge is 2.07. The van der Waals surface area contributed by atoms with E-state index in [1.54, 1.807) is 6.92 Å². The number of carbonyl (C=O) groups excluding carboxylic acids is 1. The van der Waals surface area contributed by atoms with Gasteiger partial charge in [0.1, 0.15) is 5.78 Å². The first-order chi connectivity index (χ1) is 6.09. The van der Waals surface area contributed by atoms with E-state index in [2.05, 4.69) is 0 Å². The van der Waals surface area contributed by atoms with Crippen molar-refractivity contribution in [3.8, 4) is 0 Å². The minimum atomic E-state index is 0.101. The van der Waals surface area contributed by atoms with E-state index in [1.165, 1.54) is 0 Å². The minimum Gasteiger partial charge on any atom is -0.399 e. The second-order valence-corrected chi connectivity index (χ2v) is 3.46. The van der Waals surface area contributed by atoms with Crippen LogP contribution in [0.3, 0.4) is 0 Å². The van der Waals surface area contributed by atoms with Crippen LogP contribution in [-0.2, 0) is 11.2 Å². The molecule has 0 aliphatic rings. The Morgan fingerprint density at radius 2 is 1.92 bits per heavy atom. The minimum absolute atomic E-state index is 0.101. The third-order valence-electron chi connectivity index (χ3n) is 2.22. The van der Waals surface area contributed by atoms with Crippen molar-refractivity contribution in [2.45, 2.75) is 20.3 Å². The van der Waals surface area contributed by atoms with Gasteiger partial charge in [0.2, 0.25) is 0 Å². The molecule has 1 atom stereocenters. The molecule has 0 aromatic heterocycles. The Labute approximate surface area is 78.8 Å². The summed E-state index contributed by atoms with van der Waals surface area (Å²) >= 11 is 0. The van der Waals surface area contributed by atoms with Gasteiger partial charge in [0, 0.05) is 11.6 Å². The van der Waals surface area contributed by atoms with E-state index in [-0.39, 0.29) is 11.7 Å². The number of carbonyl (C=O) groups is 1. The molecule has 0 fully saturated rings. The van der Waals surface area contributed by atoms with Crippen molar-refractivity contribution in [2.75, 3.05) is 5.73 Å². The van der Waals surface area contributed by atoms with Crippen LogP contribution in [0.1, 0.15) is 19.4 Å². The van der Waals surface area contributed by atoms with E-state index in [4.69, 9.17) is 5.73 Å². The SMILES string of the molecule is CC(=O)[C@@H](C)Cc1ccc(N)cc1. The first-order valence-corrected chi connectivity index (χ1v) is 4.44. The van der Waals surface area contributed by atoms with Gasteiger partial charge >= 0.3 is 0 Å². The van der Waals surface area contributed by atoms with Gasteiger partial charge in [-0.3, -0.25) is 4.79 Å². The second-order valence-electron chi connectivity index (χ2n) is 3.46. The van der Waals surface area contributed by atoms with Gasteiger partial charge in [0.15, 0.2) is 0 Å². The van der Waals surface area contributed by atoms with Gasteiger partial charge in [0.05, 0.1) is 0 Å². The van der Waals surface area contributed by atoms with Gasteiger partial charge in [-0.2, -0.15) is 0 Å². The zero-order valence-corrected chi connectivity index (χ0v) is 8.08. The van der Waals surface area contributed by atoms with Crippen LogP contribution in [0.2, 0.25) is 0 Å². The quantitative estimate of drug-likeness (QED) is 0.718. The van der Waals surface area contributed by atoms with Gasteiger partial charge in [-0.25, -0.2) is 0 Å². The highest BCUT2D eigenvalue weighted by Crippen LogP contribution is 2.11. The van der Waals surface area contributed by atoms with Crippen molar-refractivity contribution < 1.29 is 4.79 Å². The van der Waals surface area contributed by atoms with Crippen molar-refractivity contribution in [1.82, 2.24) is 0 Å². The van der Waals surface area contributed by atoms with Crippen molar-refractivity contribution in [3.05, 3.63) is 29.8 Å². The topological polar surface area (TPSA) is 43.1 Å². The molecule has 0 spiro atoms. The van der Waals surface area contributed by atoms with Gasteiger partial charge in [-0.15, -0.1) is 0 Å². The fraction of sp³-hybridized carbons (Fsp3) is 0.364. The van der Waals surface area contributed by atoms with Crippen LogP contribution >= 0.6 is 0 Å². The van der Waals surface area contributed by atoms with Crippen LogP contribution in [0, 0.1) is 5.92 Å². The zero-order valence-electron chi connectivity index (χ0n) is 8.08. The summed E-state index contributed by atoms with van der Waals surface area (Å²) in [6, 6.07) is 7.66. The number of anilines is 1. The van der Waals surface area contributed by atoms with Crippen LogP contribution in [-0.4, -0.2) is 5.78 Å². The Morgan fingerprint density at radius 3 is 2.38 bits per heavy atom. The van der Waals surface area contributed by atoms with E-state index in [0.717, 1.165) is 17.7 Å². The second kappa shape index (κ2) is 4.08. The molecule has 0 saturated carbocycles. The molecule has 0 bridgehead atoms. The number of hydrogen-bond donors (Lipinski definition) is 1. The zero-order chi connectivity index (χ0) is 9.84. The first kappa shape index (κ1) is 9.78. The highest BCUT2D eigenvalue weighted by atomic mass is 16.1. The lowest BCUT2D eigenvalue weighted by molar-refractivity contribution is -0.120. The molecule has 70 valence electrons. The summed E-state index contributed by atoms with van der Waals surface area (Å²) in [5.74, 6) is 0.334. The summed E-state index contributed by atoms with van der Waals surface area (Å²) in [6.45, 7) is 3.57. The monoisotopic (exact) mass is 177 g/mol. The first-order valence-electron chi connectivity index (χ1n) is 4.44. The average molecular weight is 177 g/mol. The molecule has 0 saturated heterocycles. The highest BCUT2D eigenvalue weighted by molar-refractivity contribution is 5.78. The fourth-order valence-corrected chi connectivity index (χ4v) is 1.15. The predicted molar refractivity (Wildman–Crippen MR) is 54.4 cm³/mol. The smallest absolute Gasteiger partial charge is 0.132 e. The van der Waals surface area contributed by atoms with Crippen LogP contribution in [0.25, 0.3) is 0 Å². The lowest BCUT2D eigenvalue weighted by Gasteiger charge is -2.07. The Bertz CT molecular complexity index is 289. The summed E-state index contributed by atoms with van der Waals surface area (Å²) < 4.78 is 0. The molecule has 0 aliphatic carbocycles. The Morgan fingerprint density at radius 1 is 1.38 bits per heavy atom. The summed E-state index contributed by atoms with van der Waals surface area (Å²) in [5, 5.41) is 0. The molecule has 0 amide bonds. The van der Waals surface area contributed by atoms with Gasteiger partial charge < -0.3 is 5.73 Å². The van der Waals surface area contributed by atoms with Crippen LogP contribution < -0.4 is 5.73 Å². The number of hydrogen-bond acceptors (Lipinski definition) is 2. The summed E-state index contributed by atoms with van der Waals surface area (Å²) in [7, 11) is 0. The summed E-state index contributed by atoms with van der Waals surface area (Å²) in [5.41, 5.74) is 7.48. The molecule has 0 aliphatic heterocycles. The van der Waals surface area contributed by atoms with Crippen LogP contribution in [0.15, 0.2) is 24.3 Å². The lowest BCUT2D eigenvalue weighted by atomic mass is 9.98. The van der Waals surface area contributed by atoms with Crippen molar-refractivity contribution in [3.63, 3.8) is 0 Å². The third-order valence-corrected chi connectivity index (χ3v) is 2.22. The standard InChI is InChI=1S/C11H15NO/c1-8(9(2)13)7-10-3-5-11(12)6-4-10/h3-6,8H,7,12H2,1-2H3/t8-/m0/s1. The summed E-state index contributed by atoms with van der Waals surface area (Å²) in [4.78, 5) is 11.0. The van der Waals surface area contributed by atoms with E-state index >= 15 is 0 Å². The van der Waals surface area contributed by atoms with E-state index in [0.29, 0.717) is 0 Å². The number of nitrogens with two attached hydrogens (primary N) is 1. The molecule has 1 aromatic carbocycles. The van der Waals surface area contributed by atoms with E-state index in [9.17, 15) is 4.79 Å². The molecule has 0 unspecified atom stereocenters. The molecular weight excluding hydrogens is 162 g/mol. The van der Waals surface area contributed by atoms with Crippen LogP contribution in [0.5, 0.6) is 0 Å². The molecule has 2 N–H and O–H groups in total. The predicted octanol–water partition coefficient (Wildman–Crippen LogP) is 2.04. The van der Waals surface area contributed by atoms with E-state index < -0.39 is 0 Å². The molecule has 0 radical (unpaired) electrons. The van der Waals surface area contributed by atoms with Crippen molar-refractivity contribution >= 4 is 11.5 Å². The van der Waals surface area contributed by atoms with E-state index in [1.807, 2.05) is 31.2 Å². The number of rotatable bonds is 3. The number of nitrogen functional groups attached to an aromatic ring is 1. The molecular formula is C11H15NO. The third kappa shape index (κ3) is 2.90. The number of Topliss-reactive ketones (excluding diaryl/α,β-unsaturated/α-hetero) is 1. The molecule has 2 nitrogen and oxygen atoms in total. The Hall–Kier alpha value is -1.31. The van der Waals surface area contributed by atoms with Crippen molar-refractivity contribution in [1.29, 1.82) is 0 Å². The molecule has 1 rings (SSSR count). The fourth-order valence-electron chi connectivity index (χ4n) is 1.15. The Balaban J connectivity index is 2.64. The normalized spacial score (nSPS) is 12.5. The molecule has 13 heavy (non-hydrogen) atoms. The number of ketones is 1. The lowest BCUT2D eigenvalue weighted by Crippen LogP contribution is -2.09. The molecule has 1 aromatic rings. The van der Waals surface area contributed by atoms with Crippen molar-refractivity contribution in [2.24, 2.45) is 5.92 Å². The maximum atomic E-state index is 11.0. The maximum absolute atomic E-state index is 11.0. The summed E-state index contributed by atoms with van der Waals surface area (Å²) in [6.07, 6.45) is 0.801. The van der Waals surface area contributed by atoms with Crippen LogP contribution in [0.4, 0.5) is 5.69 Å². The van der Waals surface area contributed by atoms with Gasteiger partial charge in [-0.05, 0) is 31.0 Å². The molecule has 2 heteroatoms. The largest absolute Gasteiger partial charge is 0.399 e.